The van der Waals surface area contributed by atoms with Crippen LogP contribution in [0.4, 0.5) is 0 Å². The molecule has 0 saturated carbocycles. The van der Waals surface area contributed by atoms with Crippen LogP contribution in [-0.2, 0) is 0 Å². The zero-order valence-corrected chi connectivity index (χ0v) is 6.69. The summed E-state index contributed by atoms with van der Waals surface area (Å²) in [4.78, 5) is 0. The van der Waals surface area contributed by atoms with Crippen molar-refractivity contribution in [3.63, 3.8) is 0 Å². The molecule has 0 spiro atoms. The van der Waals surface area contributed by atoms with E-state index in [9.17, 15) is 0 Å². The van der Waals surface area contributed by atoms with Gasteiger partial charge in [0.15, 0.2) is 0 Å². The molecule has 0 amide bonds. The van der Waals surface area contributed by atoms with E-state index in [4.69, 9.17) is 0 Å². The van der Waals surface area contributed by atoms with Gasteiger partial charge in [-0.05, 0) is 0 Å². The molecule has 1 unspecified atom stereocenters. The van der Waals surface area contributed by atoms with Gasteiger partial charge in [-0.25, -0.2) is 0 Å². The van der Waals surface area contributed by atoms with Gasteiger partial charge in [0.25, 0.3) is 0 Å². The van der Waals surface area contributed by atoms with Gasteiger partial charge >= 0.3 is 80.9 Å². The van der Waals surface area contributed by atoms with Crippen molar-refractivity contribution in [3.05, 3.63) is 0 Å². The van der Waals surface area contributed by atoms with E-state index in [-0.39, 0.29) is 96.3 Å². The van der Waals surface area contributed by atoms with E-state index in [0.717, 1.165) is 0 Å². The van der Waals surface area contributed by atoms with Crippen molar-refractivity contribution in [2.75, 3.05) is 0 Å². The maximum Gasteiger partial charge on any atom is -0.870 e. The standard InChI is InChI=1S/K.Na.H2O.H3P.H/h;;1H2;1H3;/q+1;;;;/p-1. The van der Waals surface area contributed by atoms with Crippen molar-refractivity contribution < 1.29 is 56.9 Å². The number of hydrogen-bond donors (Lipinski definition) is 0. The Morgan fingerprint density at radius 1 is 1.00 bits per heavy atom. The summed E-state index contributed by atoms with van der Waals surface area (Å²) in [7, 11) is 0. The molecule has 1 nitrogen and oxygen atoms in total. The molecule has 0 aromatic heterocycles. The minimum absolute atomic E-state index is 0. The van der Waals surface area contributed by atoms with Crippen LogP contribution in [-0.4, -0.2) is 35.0 Å². The van der Waals surface area contributed by atoms with Crippen LogP contribution < -0.4 is 51.4 Å². The number of hydrogen-bond acceptors (Lipinski definition) is 1. The molecule has 0 fully saturated rings. The maximum absolute atomic E-state index is 0. The third kappa shape index (κ3) is 8.90. The molecule has 4 heavy (non-hydrogen) atoms. The average molecular weight is 114 g/mol. The fraction of sp³-hybridized carbons (Fsp3) is 0. The van der Waals surface area contributed by atoms with Crippen molar-refractivity contribution in [1.82, 2.24) is 0 Å². The smallest absolute Gasteiger partial charge is 0.870 e. The van der Waals surface area contributed by atoms with E-state index in [0.29, 0.717) is 0 Å². The normalized spacial score (nSPS) is 0. The minimum Gasteiger partial charge on any atom is -0.870 e. The van der Waals surface area contributed by atoms with Gasteiger partial charge in [0.05, 0.1) is 0 Å². The first kappa shape index (κ1) is 27.9. The van der Waals surface area contributed by atoms with Gasteiger partial charge in [-0.15, -0.1) is 0 Å². The van der Waals surface area contributed by atoms with Gasteiger partial charge in [-0.1, -0.05) is 0 Å². The Labute approximate surface area is 93.9 Å². The third-order valence-corrected chi connectivity index (χ3v) is 0. The first-order valence-corrected chi connectivity index (χ1v) is 0. The molecule has 0 aliphatic rings. The Hall–Kier alpha value is 3.03. The van der Waals surface area contributed by atoms with Crippen LogP contribution in [0, 0.1) is 0 Å². The summed E-state index contributed by atoms with van der Waals surface area (Å²) >= 11 is 0. The molecule has 18 valence electrons. The van der Waals surface area contributed by atoms with Gasteiger partial charge in [-0.3, -0.25) is 0 Å². The molecular formula is H5KNaOP. The minimum atomic E-state index is 0. The summed E-state index contributed by atoms with van der Waals surface area (Å²) in [5, 5.41) is 0. The van der Waals surface area contributed by atoms with E-state index in [1.54, 1.807) is 0 Å². The summed E-state index contributed by atoms with van der Waals surface area (Å²) < 4.78 is 0. The van der Waals surface area contributed by atoms with Gasteiger partial charge in [-0.2, -0.15) is 9.90 Å². The fourth-order valence-corrected chi connectivity index (χ4v) is 0. The predicted molar refractivity (Wildman–Crippen MR) is 20.2 cm³/mol. The number of rotatable bonds is 0. The van der Waals surface area contributed by atoms with Crippen molar-refractivity contribution >= 4 is 39.5 Å². The van der Waals surface area contributed by atoms with Crippen LogP contribution in [0.5, 0.6) is 0 Å². The molecule has 1 N–H and O–H groups in total. The zero-order chi connectivity index (χ0) is 0. The van der Waals surface area contributed by atoms with E-state index in [1.807, 2.05) is 0 Å². The van der Waals surface area contributed by atoms with Gasteiger partial charge in [0, 0.05) is 0 Å². The maximum atomic E-state index is 0. The molecule has 0 aliphatic carbocycles. The summed E-state index contributed by atoms with van der Waals surface area (Å²) in [6, 6.07) is 0. The van der Waals surface area contributed by atoms with Crippen LogP contribution >= 0.6 is 9.90 Å². The van der Waals surface area contributed by atoms with E-state index < -0.39 is 0 Å². The Morgan fingerprint density at radius 2 is 1.00 bits per heavy atom. The van der Waals surface area contributed by atoms with Crippen LogP contribution in [0.15, 0.2) is 0 Å². The first-order chi connectivity index (χ1) is 0. The van der Waals surface area contributed by atoms with Crippen LogP contribution in [0.25, 0.3) is 0 Å². The van der Waals surface area contributed by atoms with Crippen LogP contribution in [0.2, 0.25) is 0 Å². The van der Waals surface area contributed by atoms with E-state index in [1.165, 1.54) is 0 Å². The predicted octanol–water partition coefficient (Wildman–Crippen LogP) is -3.76. The molecule has 0 rings (SSSR count). The molecule has 0 aromatic rings. The summed E-state index contributed by atoms with van der Waals surface area (Å²) in [5.74, 6) is 0. The molecule has 0 aliphatic heterocycles. The Kier molecular flexibility index (Phi) is 116. The Bertz CT molecular complexity index is 8.00. The van der Waals surface area contributed by atoms with E-state index in [2.05, 4.69) is 0 Å². The third-order valence-electron chi connectivity index (χ3n) is 0. The summed E-state index contributed by atoms with van der Waals surface area (Å²) in [5.41, 5.74) is 0. The van der Waals surface area contributed by atoms with Crippen LogP contribution in [0.1, 0.15) is 0 Å². The van der Waals surface area contributed by atoms with Crippen LogP contribution in [0.3, 0.4) is 0 Å². The second-order valence-corrected chi connectivity index (χ2v) is 0. The van der Waals surface area contributed by atoms with Crippen molar-refractivity contribution in [2.45, 2.75) is 0 Å². The van der Waals surface area contributed by atoms with Crippen molar-refractivity contribution in [1.29, 1.82) is 0 Å². The average Bonchev–Trinajstić information content (AvgIpc) is 0. The van der Waals surface area contributed by atoms with Gasteiger partial charge in [0.1, 0.15) is 0 Å². The molecule has 4 heteroatoms. The van der Waals surface area contributed by atoms with Crippen molar-refractivity contribution in [3.8, 4) is 0 Å². The zero-order valence-electron chi connectivity index (χ0n) is 2.15. The summed E-state index contributed by atoms with van der Waals surface area (Å²) in [6.45, 7) is 0. The molecule has 0 heterocycles. The van der Waals surface area contributed by atoms with Gasteiger partial charge in [0.2, 0.25) is 0 Å². The SMILES string of the molecule is P.[K+].[NaH].[OH-]. The second-order valence-electron chi connectivity index (χ2n) is 0. The molecule has 0 saturated heterocycles. The topological polar surface area (TPSA) is 30.0 Å². The first-order valence-electron chi connectivity index (χ1n) is 0. The molecular weight excluding hydrogens is 109 g/mol. The molecule has 0 aromatic carbocycles. The Morgan fingerprint density at radius 3 is 1.00 bits per heavy atom. The quantitative estimate of drug-likeness (QED) is 0.235. The second kappa shape index (κ2) is 16.6. The monoisotopic (exact) mass is 114 g/mol. The summed E-state index contributed by atoms with van der Waals surface area (Å²) in [6.07, 6.45) is 0. The largest absolute Gasteiger partial charge is 0.870 e. The fourth-order valence-electron chi connectivity index (χ4n) is 0. The molecule has 0 radical (unpaired) electrons. The van der Waals surface area contributed by atoms with Gasteiger partial charge < -0.3 is 5.48 Å². The van der Waals surface area contributed by atoms with Crippen molar-refractivity contribution in [2.24, 2.45) is 0 Å². The molecule has 1 atom stereocenters. The van der Waals surface area contributed by atoms with E-state index >= 15 is 0 Å². The Balaban J connectivity index is 0. The molecule has 0 bridgehead atoms.